The van der Waals surface area contributed by atoms with E-state index in [1.165, 1.54) is 6.07 Å². The van der Waals surface area contributed by atoms with Gasteiger partial charge in [0.05, 0.1) is 12.4 Å². The van der Waals surface area contributed by atoms with E-state index in [-0.39, 0.29) is 23.6 Å². The highest BCUT2D eigenvalue weighted by Gasteiger charge is 2.24. The Bertz CT molecular complexity index is 884. The molecule has 0 radical (unpaired) electrons. The average molecular weight is 435 g/mol. The summed E-state index contributed by atoms with van der Waals surface area (Å²) < 4.78 is 31.6. The molecule has 0 spiro atoms. The number of nitrogens with one attached hydrogen (secondary N) is 1. The van der Waals surface area contributed by atoms with Gasteiger partial charge in [0.15, 0.2) is 11.6 Å². The highest BCUT2D eigenvalue weighted by molar-refractivity contribution is 8.00. The van der Waals surface area contributed by atoms with E-state index in [0.717, 1.165) is 29.6 Å². The molecule has 2 aromatic carbocycles. The Labute approximate surface area is 178 Å². The second-order valence-corrected chi connectivity index (χ2v) is 8.00. The molecule has 1 fully saturated rings. The quantitative estimate of drug-likeness (QED) is 0.672. The number of halogens is 2. The van der Waals surface area contributed by atoms with E-state index < -0.39 is 11.6 Å². The molecule has 3 rings (SSSR count). The van der Waals surface area contributed by atoms with Gasteiger partial charge in [-0.3, -0.25) is 9.59 Å². The highest BCUT2D eigenvalue weighted by Crippen LogP contribution is 2.21. The number of benzene rings is 2. The standard InChI is InChI=1S/C22H24F2N2O3S/c1-2-29-17-5-3-15(4-6-17)22(28)26-11-9-16(10-12-26)25-21(27)14-30-18-7-8-19(23)20(24)13-18/h3-8,13,16H,2,9-12,14H2,1H3,(H,25,27). The molecule has 2 aromatic rings. The van der Waals surface area contributed by atoms with Crippen LogP contribution in [0.2, 0.25) is 0 Å². The van der Waals surface area contributed by atoms with Crippen LogP contribution < -0.4 is 10.1 Å². The molecular weight excluding hydrogens is 410 g/mol. The fraction of sp³-hybridized carbons (Fsp3) is 0.364. The summed E-state index contributed by atoms with van der Waals surface area (Å²) in [6.07, 6.45) is 1.34. The number of carbonyl (C=O) groups is 2. The van der Waals surface area contributed by atoms with Crippen LogP contribution in [0.15, 0.2) is 47.4 Å². The van der Waals surface area contributed by atoms with E-state index in [4.69, 9.17) is 4.74 Å². The van der Waals surface area contributed by atoms with Crippen LogP contribution in [-0.2, 0) is 4.79 Å². The third-order valence-electron chi connectivity index (χ3n) is 4.82. The highest BCUT2D eigenvalue weighted by atomic mass is 32.2. The number of ether oxygens (including phenoxy) is 1. The maximum absolute atomic E-state index is 13.2. The van der Waals surface area contributed by atoms with Crippen LogP contribution in [0.4, 0.5) is 8.78 Å². The molecule has 0 aromatic heterocycles. The lowest BCUT2D eigenvalue weighted by molar-refractivity contribution is -0.119. The maximum atomic E-state index is 13.2. The number of rotatable bonds is 7. The summed E-state index contributed by atoms with van der Waals surface area (Å²) in [6, 6.07) is 10.7. The smallest absolute Gasteiger partial charge is 0.253 e. The van der Waals surface area contributed by atoms with Crippen LogP contribution in [-0.4, -0.2) is 48.2 Å². The van der Waals surface area contributed by atoms with Gasteiger partial charge in [0, 0.05) is 29.6 Å². The fourth-order valence-electron chi connectivity index (χ4n) is 3.25. The van der Waals surface area contributed by atoms with E-state index in [2.05, 4.69) is 5.32 Å². The van der Waals surface area contributed by atoms with Gasteiger partial charge in [0.25, 0.3) is 5.91 Å². The number of carbonyl (C=O) groups excluding carboxylic acids is 2. The average Bonchev–Trinajstić information content (AvgIpc) is 2.75. The molecule has 0 unspecified atom stereocenters. The molecule has 0 saturated carbocycles. The second kappa shape index (κ2) is 10.4. The topological polar surface area (TPSA) is 58.6 Å². The van der Waals surface area contributed by atoms with E-state index >= 15 is 0 Å². The maximum Gasteiger partial charge on any atom is 0.253 e. The largest absolute Gasteiger partial charge is 0.494 e. The molecule has 1 N–H and O–H groups in total. The van der Waals surface area contributed by atoms with Gasteiger partial charge in [-0.1, -0.05) is 0 Å². The Kier molecular flexibility index (Phi) is 7.68. The number of piperidine rings is 1. The van der Waals surface area contributed by atoms with Crippen LogP contribution in [0.3, 0.4) is 0 Å². The van der Waals surface area contributed by atoms with Crippen molar-refractivity contribution in [1.29, 1.82) is 0 Å². The van der Waals surface area contributed by atoms with Gasteiger partial charge in [-0.15, -0.1) is 11.8 Å². The Morgan fingerprint density at radius 2 is 1.80 bits per heavy atom. The lowest BCUT2D eigenvalue weighted by atomic mass is 10.0. The van der Waals surface area contributed by atoms with Crippen LogP contribution in [0.5, 0.6) is 5.75 Å². The van der Waals surface area contributed by atoms with Gasteiger partial charge in [-0.05, 0) is 62.2 Å². The molecule has 0 bridgehead atoms. The van der Waals surface area contributed by atoms with Crippen LogP contribution >= 0.6 is 11.8 Å². The molecule has 1 heterocycles. The summed E-state index contributed by atoms with van der Waals surface area (Å²) >= 11 is 1.15. The molecule has 160 valence electrons. The van der Waals surface area contributed by atoms with Gasteiger partial charge in [-0.25, -0.2) is 8.78 Å². The molecule has 1 aliphatic rings. The van der Waals surface area contributed by atoms with Crippen LogP contribution in [0.1, 0.15) is 30.1 Å². The molecule has 0 aliphatic carbocycles. The van der Waals surface area contributed by atoms with Crippen molar-refractivity contribution in [3.05, 3.63) is 59.7 Å². The number of thioether (sulfide) groups is 1. The number of hydrogen-bond donors (Lipinski definition) is 1. The Morgan fingerprint density at radius 1 is 1.10 bits per heavy atom. The first-order chi connectivity index (χ1) is 14.5. The molecular formula is C22H24F2N2O3S. The predicted octanol–water partition coefficient (Wildman–Crippen LogP) is 3.88. The minimum Gasteiger partial charge on any atom is -0.494 e. The summed E-state index contributed by atoms with van der Waals surface area (Å²) in [4.78, 5) is 27.1. The molecule has 1 aliphatic heterocycles. The van der Waals surface area contributed by atoms with Crippen LogP contribution in [0, 0.1) is 11.6 Å². The number of nitrogens with zero attached hydrogens (tertiary/aromatic N) is 1. The van der Waals surface area contributed by atoms with E-state index in [1.54, 1.807) is 29.2 Å². The Hall–Kier alpha value is -2.61. The van der Waals surface area contributed by atoms with Crippen molar-refractivity contribution < 1.29 is 23.1 Å². The Morgan fingerprint density at radius 3 is 2.43 bits per heavy atom. The Balaban J connectivity index is 1.42. The third-order valence-corrected chi connectivity index (χ3v) is 5.81. The predicted molar refractivity (Wildman–Crippen MR) is 112 cm³/mol. The summed E-state index contributed by atoms with van der Waals surface area (Å²) in [7, 11) is 0. The second-order valence-electron chi connectivity index (χ2n) is 6.96. The normalized spacial score (nSPS) is 14.4. The minimum absolute atomic E-state index is 0.00701. The fourth-order valence-corrected chi connectivity index (χ4v) is 3.99. The lowest BCUT2D eigenvalue weighted by Gasteiger charge is -2.32. The zero-order valence-corrected chi connectivity index (χ0v) is 17.5. The molecule has 2 amide bonds. The monoisotopic (exact) mass is 434 g/mol. The van der Waals surface area contributed by atoms with Crippen molar-refractivity contribution in [2.75, 3.05) is 25.4 Å². The number of likely N-dealkylation sites (tertiary alicyclic amines) is 1. The van der Waals surface area contributed by atoms with Crippen molar-refractivity contribution in [2.45, 2.75) is 30.7 Å². The summed E-state index contributed by atoms with van der Waals surface area (Å²) in [5.41, 5.74) is 0.615. The SMILES string of the molecule is CCOc1ccc(C(=O)N2CCC(NC(=O)CSc3ccc(F)c(F)c3)CC2)cc1. The minimum atomic E-state index is -0.926. The van der Waals surface area contributed by atoms with E-state index in [0.29, 0.717) is 43.0 Å². The zero-order chi connectivity index (χ0) is 21.5. The molecule has 1 saturated heterocycles. The lowest BCUT2D eigenvalue weighted by Crippen LogP contribution is -2.47. The van der Waals surface area contributed by atoms with Crippen molar-refractivity contribution in [3.8, 4) is 5.75 Å². The van der Waals surface area contributed by atoms with Crippen molar-refractivity contribution in [2.24, 2.45) is 0 Å². The summed E-state index contributed by atoms with van der Waals surface area (Å²) in [5, 5.41) is 2.95. The number of hydrogen-bond acceptors (Lipinski definition) is 4. The molecule has 8 heteroatoms. The van der Waals surface area contributed by atoms with Gasteiger partial charge < -0.3 is 15.0 Å². The first kappa shape index (κ1) is 22.1. The van der Waals surface area contributed by atoms with Crippen molar-refractivity contribution >= 4 is 23.6 Å². The van der Waals surface area contributed by atoms with Gasteiger partial charge in [0.2, 0.25) is 5.91 Å². The van der Waals surface area contributed by atoms with Gasteiger partial charge in [0.1, 0.15) is 5.75 Å². The molecule has 30 heavy (non-hydrogen) atoms. The van der Waals surface area contributed by atoms with Gasteiger partial charge in [-0.2, -0.15) is 0 Å². The third kappa shape index (κ3) is 5.95. The molecule has 0 atom stereocenters. The summed E-state index contributed by atoms with van der Waals surface area (Å²) in [6.45, 7) is 3.61. The molecule has 5 nitrogen and oxygen atoms in total. The van der Waals surface area contributed by atoms with Crippen molar-refractivity contribution in [3.63, 3.8) is 0 Å². The first-order valence-electron chi connectivity index (χ1n) is 9.85. The summed E-state index contributed by atoms with van der Waals surface area (Å²) in [5.74, 6) is -1.18. The van der Waals surface area contributed by atoms with Crippen LogP contribution in [0.25, 0.3) is 0 Å². The van der Waals surface area contributed by atoms with E-state index in [9.17, 15) is 18.4 Å². The van der Waals surface area contributed by atoms with Crippen molar-refractivity contribution in [1.82, 2.24) is 10.2 Å². The first-order valence-corrected chi connectivity index (χ1v) is 10.8. The number of amides is 2. The van der Waals surface area contributed by atoms with Gasteiger partial charge >= 0.3 is 0 Å². The zero-order valence-electron chi connectivity index (χ0n) is 16.7. The van der Waals surface area contributed by atoms with E-state index in [1.807, 2.05) is 6.92 Å².